The molecule has 196 valence electrons. The average Bonchev–Trinajstić information content (AvgIpc) is 2.57. The van der Waals surface area contributed by atoms with E-state index in [1.54, 1.807) is 27.7 Å². The molecule has 33 heavy (non-hydrogen) atoms. The summed E-state index contributed by atoms with van der Waals surface area (Å²) in [5.74, 6) is -0.981. The summed E-state index contributed by atoms with van der Waals surface area (Å²) in [7, 11) is -4.40. The molecular weight excluding hydrogens is 449 g/mol. The van der Waals surface area contributed by atoms with Gasteiger partial charge in [0.25, 0.3) is 0 Å². The lowest BCUT2D eigenvalue weighted by atomic mass is 9.76. The first-order chi connectivity index (χ1) is 14.6. The van der Waals surface area contributed by atoms with E-state index < -0.39 is 43.3 Å². The van der Waals surface area contributed by atoms with Crippen molar-refractivity contribution < 1.29 is 37.6 Å². The van der Waals surface area contributed by atoms with Crippen molar-refractivity contribution >= 4 is 19.8 Å². The van der Waals surface area contributed by atoms with Gasteiger partial charge < -0.3 is 20.1 Å². The standard InChI is InChI=1S/C23H46NO8P/c1-20(2,3)15-22(7,8)18(25)29-13-17(14-31-33(27,28)30-12-11-24)32-19(26)23(9,10)16-21(4,5)6/h17H,11-16,24H2,1-10H3,(H,27,28). The lowest BCUT2D eigenvalue weighted by molar-refractivity contribution is -0.173. The Hall–Kier alpha value is -0.990. The van der Waals surface area contributed by atoms with E-state index in [1.807, 2.05) is 41.5 Å². The first-order valence-electron chi connectivity index (χ1n) is 11.3. The molecule has 0 aromatic heterocycles. The molecule has 0 radical (unpaired) electrons. The van der Waals surface area contributed by atoms with Crippen molar-refractivity contribution in [2.24, 2.45) is 27.4 Å². The van der Waals surface area contributed by atoms with Crippen molar-refractivity contribution in [2.45, 2.75) is 88.2 Å². The van der Waals surface area contributed by atoms with Crippen LogP contribution in [0.1, 0.15) is 82.1 Å². The second kappa shape index (κ2) is 12.1. The molecule has 0 aromatic carbocycles. The molecule has 0 aromatic rings. The molecule has 10 heteroatoms. The first kappa shape index (κ1) is 32.0. The number of carbonyl (C=O) groups is 2. The Kier molecular flexibility index (Phi) is 11.8. The summed E-state index contributed by atoms with van der Waals surface area (Å²) in [6.45, 7) is 18.3. The van der Waals surface area contributed by atoms with E-state index in [0.717, 1.165) is 0 Å². The second-order valence-corrected chi connectivity index (χ2v) is 13.7. The molecule has 0 saturated carbocycles. The molecule has 0 aliphatic heterocycles. The Bertz CT molecular complexity index is 692. The number of hydrogen-bond donors (Lipinski definition) is 2. The van der Waals surface area contributed by atoms with Crippen LogP contribution in [0, 0.1) is 21.7 Å². The molecule has 0 heterocycles. The van der Waals surface area contributed by atoms with Gasteiger partial charge in [0.05, 0.1) is 24.0 Å². The smallest absolute Gasteiger partial charge is 0.461 e. The van der Waals surface area contributed by atoms with Crippen molar-refractivity contribution in [3.05, 3.63) is 0 Å². The van der Waals surface area contributed by atoms with E-state index in [2.05, 4.69) is 0 Å². The van der Waals surface area contributed by atoms with Gasteiger partial charge >= 0.3 is 19.8 Å². The lowest BCUT2D eigenvalue weighted by Crippen LogP contribution is -2.39. The van der Waals surface area contributed by atoms with Crippen molar-refractivity contribution in [3.8, 4) is 0 Å². The van der Waals surface area contributed by atoms with Gasteiger partial charge in [-0.05, 0) is 51.4 Å². The predicted octanol–water partition coefficient (Wildman–Crippen LogP) is 4.46. The van der Waals surface area contributed by atoms with Crippen LogP contribution in [0.3, 0.4) is 0 Å². The summed E-state index contributed by atoms with van der Waals surface area (Å²) in [6, 6.07) is 0. The van der Waals surface area contributed by atoms with Gasteiger partial charge in [-0.15, -0.1) is 0 Å². The molecule has 0 saturated heterocycles. The van der Waals surface area contributed by atoms with Crippen LogP contribution < -0.4 is 5.73 Å². The second-order valence-electron chi connectivity index (χ2n) is 12.3. The van der Waals surface area contributed by atoms with Gasteiger partial charge in [-0.3, -0.25) is 18.6 Å². The van der Waals surface area contributed by atoms with Crippen LogP contribution in [0.25, 0.3) is 0 Å². The molecule has 0 amide bonds. The van der Waals surface area contributed by atoms with Gasteiger partial charge in [0.1, 0.15) is 6.61 Å². The summed E-state index contributed by atoms with van der Waals surface area (Å²) in [5.41, 5.74) is 3.46. The molecule has 2 unspecified atom stereocenters. The fourth-order valence-corrected chi connectivity index (χ4v) is 4.74. The van der Waals surface area contributed by atoms with E-state index in [4.69, 9.17) is 24.3 Å². The summed E-state index contributed by atoms with van der Waals surface area (Å²) in [6.07, 6.45) is 0.0353. The molecule has 0 bridgehead atoms. The summed E-state index contributed by atoms with van der Waals surface area (Å²) in [4.78, 5) is 35.4. The zero-order valence-corrected chi connectivity index (χ0v) is 23.0. The zero-order chi connectivity index (χ0) is 26.3. The maximum atomic E-state index is 12.9. The van der Waals surface area contributed by atoms with Gasteiger partial charge in [-0.1, -0.05) is 41.5 Å². The highest BCUT2D eigenvalue weighted by Gasteiger charge is 2.38. The largest absolute Gasteiger partial charge is 0.472 e. The Morgan fingerprint density at radius 2 is 1.27 bits per heavy atom. The lowest BCUT2D eigenvalue weighted by Gasteiger charge is -2.33. The first-order valence-corrected chi connectivity index (χ1v) is 12.8. The van der Waals surface area contributed by atoms with Crippen molar-refractivity contribution in [3.63, 3.8) is 0 Å². The molecule has 0 rings (SSSR count). The minimum atomic E-state index is -4.40. The van der Waals surface area contributed by atoms with Crippen LogP contribution in [-0.4, -0.2) is 49.3 Å². The number of phosphoric acid groups is 1. The third-order valence-electron chi connectivity index (χ3n) is 4.52. The molecule has 3 N–H and O–H groups in total. The summed E-state index contributed by atoms with van der Waals surface area (Å²) in [5, 5.41) is 0. The van der Waals surface area contributed by atoms with Crippen LogP contribution >= 0.6 is 7.82 Å². The van der Waals surface area contributed by atoms with E-state index >= 15 is 0 Å². The maximum Gasteiger partial charge on any atom is 0.472 e. The highest BCUT2D eigenvalue weighted by molar-refractivity contribution is 7.47. The van der Waals surface area contributed by atoms with Crippen LogP contribution in [0.4, 0.5) is 0 Å². The Morgan fingerprint density at radius 1 is 0.818 bits per heavy atom. The van der Waals surface area contributed by atoms with E-state index in [1.165, 1.54) is 0 Å². The van der Waals surface area contributed by atoms with Crippen LogP contribution in [0.5, 0.6) is 0 Å². The summed E-state index contributed by atoms with van der Waals surface area (Å²) < 4.78 is 32.7. The number of esters is 2. The quantitative estimate of drug-likeness (QED) is 0.280. The van der Waals surface area contributed by atoms with Gasteiger partial charge in [-0.2, -0.15) is 0 Å². The van der Waals surface area contributed by atoms with Gasteiger partial charge in [-0.25, -0.2) is 4.57 Å². The van der Waals surface area contributed by atoms with Gasteiger partial charge in [0.2, 0.25) is 0 Å². The maximum absolute atomic E-state index is 12.9. The number of nitrogens with two attached hydrogens (primary N) is 1. The van der Waals surface area contributed by atoms with E-state index in [0.29, 0.717) is 12.8 Å². The van der Waals surface area contributed by atoms with Gasteiger partial charge in [0, 0.05) is 6.54 Å². The number of phosphoric ester groups is 1. The Morgan fingerprint density at radius 3 is 1.70 bits per heavy atom. The van der Waals surface area contributed by atoms with Gasteiger partial charge in [0.15, 0.2) is 6.10 Å². The Labute approximate surface area is 199 Å². The van der Waals surface area contributed by atoms with Crippen LogP contribution in [0.2, 0.25) is 0 Å². The zero-order valence-electron chi connectivity index (χ0n) is 22.1. The molecule has 9 nitrogen and oxygen atoms in total. The van der Waals surface area contributed by atoms with Crippen molar-refractivity contribution in [1.29, 1.82) is 0 Å². The molecule has 0 spiro atoms. The topological polar surface area (TPSA) is 134 Å². The number of ether oxygens (including phenoxy) is 2. The minimum absolute atomic E-state index is 0.0355. The van der Waals surface area contributed by atoms with Crippen LogP contribution in [-0.2, 0) is 32.7 Å². The monoisotopic (exact) mass is 495 g/mol. The third kappa shape index (κ3) is 14.1. The predicted molar refractivity (Wildman–Crippen MR) is 127 cm³/mol. The molecule has 0 fully saturated rings. The number of hydrogen-bond acceptors (Lipinski definition) is 8. The highest BCUT2D eigenvalue weighted by Crippen LogP contribution is 2.43. The van der Waals surface area contributed by atoms with Crippen LogP contribution in [0.15, 0.2) is 0 Å². The normalized spacial score (nSPS) is 16.1. The average molecular weight is 496 g/mol. The number of rotatable bonds is 13. The van der Waals surface area contributed by atoms with Crippen molar-refractivity contribution in [1.82, 2.24) is 0 Å². The minimum Gasteiger partial charge on any atom is -0.461 e. The third-order valence-corrected chi connectivity index (χ3v) is 5.50. The molecule has 2 atom stereocenters. The SMILES string of the molecule is CC(C)(C)CC(C)(C)C(=O)OCC(COP(=O)(O)OCCN)OC(=O)C(C)(C)CC(C)(C)C. The Balaban J connectivity index is 5.40. The number of carbonyl (C=O) groups excluding carboxylic acids is 2. The highest BCUT2D eigenvalue weighted by atomic mass is 31.2. The van der Waals surface area contributed by atoms with Crippen molar-refractivity contribution in [2.75, 3.05) is 26.4 Å². The summed E-state index contributed by atoms with van der Waals surface area (Å²) >= 11 is 0. The van der Waals surface area contributed by atoms with E-state index in [9.17, 15) is 19.0 Å². The van der Waals surface area contributed by atoms with E-state index in [-0.39, 0.29) is 30.6 Å². The molecule has 0 aliphatic carbocycles. The fourth-order valence-electron chi connectivity index (χ4n) is 3.97. The molecule has 0 aliphatic rings. The molecular formula is C23H46NO8P. The fraction of sp³-hybridized carbons (Fsp3) is 0.913.